The topological polar surface area (TPSA) is 12.9 Å². The van der Waals surface area contributed by atoms with Crippen molar-refractivity contribution in [3.05, 3.63) is 29.6 Å². The van der Waals surface area contributed by atoms with Crippen LogP contribution in [0.2, 0.25) is 0 Å². The van der Waals surface area contributed by atoms with Gasteiger partial charge >= 0.3 is 0 Å². The van der Waals surface area contributed by atoms with Crippen LogP contribution in [-0.4, -0.2) is 4.98 Å². The van der Waals surface area contributed by atoms with E-state index in [4.69, 9.17) is 0 Å². The molecule has 100 valence electrons. The number of rotatable bonds is 3. The monoisotopic (exact) mass is 245 g/mol. The van der Waals surface area contributed by atoms with E-state index in [1.807, 2.05) is 6.20 Å². The summed E-state index contributed by atoms with van der Waals surface area (Å²) >= 11 is 0. The molecule has 0 saturated heterocycles. The molecule has 1 aromatic rings. The van der Waals surface area contributed by atoms with E-state index in [0.717, 1.165) is 12.3 Å². The molecule has 0 aromatic carbocycles. The maximum absolute atomic E-state index is 4.54. The van der Waals surface area contributed by atoms with Gasteiger partial charge < -0.3 is 0 Å². The molecule has 0 amide bonds. The average Bonchev–Trinajstić information content (AvgIpc) is 2.37. The molecule has 1 heteroatoms. The number of hydrogen-bond donors (Lipinski definition) is 0. The Kier molecular flexibility index (Phi) is 4.42. The molecule has 0 unspecified atom stereocenters. The van der Waals surface area contributed by atoms with Crippen molar-refractivity contribution in [3.8, 4) is 0 Å². The maximum Gasteiger partial charge on any atom is 0.0406 e. The van der Waals surface area contributed by atoms with Gasteiger partial charge in [0.05, 0.1) is 0 Å². The zero-order valence-electron chi connectivity index (χ0n) is 12.2. The molecule has 0 aliphatic heterocycles. The molecule has 0 spiro atoms. The minimum absolute atomic E-state index is 0.239. The molecule has 1 nitrogen and oxygen atoms in total. The Morgan fingerprint density at radius 2 is 1.89 bits per heavy atom. The highest BCUT2D eigenvalue weighted by Gasteiger charge is 2.16. The molecular formula is C17H27N. The molecule has 18 heavy (non-hydrogen) atoms. The van der Waals surface area contributed by atoms with Crippen molar-refractivity contribution in [1.29, 1.82) is 0 Å². The number of hydrogen-bond acceptors (Lipinski definition) is 1. The van der Waals surface area contributed by atoms with Gasteiger partial charge in [-0.25, -0.2) is 0 Å². The molecule has 1 aliphatic rings. The lowest BCUT2D eigenvalue weighted by Gasteiger charge is -2.22. The van der Waals surface area contributed by atoms with E-state index in [1.54, 1.807) is 0 Å². The lowest BCUT2D eigenvalue weighted by atomic mass is 9.84. The fourth-order valence-electron chi connectivity index (χ4n) is 2.91. The Balaban J connectivity index is 1.92. The first kappa shape index (κ1) is 13.6. The fraction of sp³-hybridized carbons (Fsp3) is 0.706. The van der Waals surface area contributed by atoms with Crippen LogP contribution >= 0.6 is 0 Å². The molecule has 1 heterocycles. The second-order valence-electron chi connectivity index (χ2n) is 6.83. The number of aromatic nitrogens is 1. The van der Waals surface area contributed by atoms with E-state index in [9.17, 15) is 0 Å². The molecule has 1 aliphatic carbocycles. The van der Waals surface area contributed by atoms with Crippen molar-refractivity contribution >= 4 is 0 Å². The van der Waals surface area contributed by atoms with Crippen LogP contribution in [0.3, 0.4) is 0 Å². The zero-order valence-corrected chi connectivity index (χ0v) is 12.2. The zero-order chi connectivity index (χ0) is 13.0. The van der Waals surface area contributed by atoms with Crippen molar-refractivity contribution < 1.29 is 0 Å². The third-order valence-electron chi connectivity index (χ3n) is 4.22. The van der Waals surface area contributed by atoms with E-state index in [-0.39, 0.29) is 5.41 Å². The predicted octanol–water partition coefficient (Wildman–Crippen LogP) is 4.89. The second kappa shape index (κ2) is 5.86. The lowest BCUT2D eigenvalue weighted by molar-refractivity contribution is 0.338. The summed E-state index contributed by atoms with van der Waals surface area (Å²) in [5.41, 5.74) is 2.94. The summed E-state index contributed by atoms with van der Waals surface area (Å²) in [5, 5.41) is 0. The minimum Gasteiger partial charge on any atom is -0.261 e. The first-order chi connectivity index (χ1) is 8.55. The van der Waals surface area contributed by atoms with Crippen LogP contribution in [0.25, 0.3) is 0 Å². The van der Waals surface area contributed by atoms with Crippen molar-refractivity contribution in [2.75, 3.05) is 0 Å². The van der Waals surface area contributed by atoms with Crippen LogP contribution in [-0.2, 0) is 11.8 Å². The largest absolute Gasteiger partial charge is 0.261 e. The SMILES string of the molecule is CC(C)(C)c1ccnc(CCC2CCCCC2)c1. The van der Waals surface area contributed by atoms with Crippen LogP contribution in [0.4, 0.5) is 0 Å². The van der Waals surface area contributed by atoms with Crippen LogP contribution < -0.4 is 0 Å². The first-order valence-corrected chi connectivity index (χ1v) is 7.51. The molecular weight excluding hydrogens is 218 g/mol. The molecule has 0 atom stereocenters. The Labute approximate surface area is 112 Å². The summed E-state index contributed by atoms with van der Waals surface area (Å²) in [6.07, 6.45) is 11.7. The molecule has 2 rings (SSSR count). The minimum atomic E-state index is 0.239. The summed E-state index contributed by atoms with van der Waals surface area (Å²) in [5.74, 6) is 0.957. The average molecular weight is 245 g/mol. The molecule has 0 N–H and O–H groups in total. The summed E-state index contributed by atoms with van der Waals surface area (Å²) in [4.78, 5) is 4.54. The smallest absolute Gasteiger partial charge is 0.0406 e. The van der Waals surface area contributed by atoms with Crippen LogP contribution in [0.5, 0.6) is 0 Å². The van der Waals surface area contributed by atoms with Gasteiger partial charge in [-0.2, -0.15) is 0 Å². The molecule has 0 radical (unpaired) electrons. The van der Waals surface area contributed by atoms with Gasteiger partial charge in [-0.05, 0) is 41.9 Å². The van der Waals surface area contributed by atoms with Gasteiger partial charge in [-0.1, -0.05) is 52.9 Å². The molecule has 1 aromatic heterocycles. The van der Waals surface area contributed by atoms with Gasteiger partial charge in [0.15, 0.2) is 0 Å². The van der Waals surface area contributed by atoms with Gasteiger partial charge in [0.2, 0.25) is 0 Å². The second-order valence-corrected chi connectivity index (χ2v) is 6.83. The van der Waals surface area contributed by atoms with Gasteiger partial charge in [-0.15, -0.1) is 0 Å². The Morgan fingerprint density at radius 3 is 2.56 bits per heavy atom. The maximum atomic E-state index is 4.54. The third-order valence-corrected chi connectivity index (χ3v) is 4.22. The molecule has 1 fully saturated rings. The van der Waals surface area contributed by atoms with E-state index in [0.29, 0.717) is 0 Å². The van der Waals surface area contributed by atoms with Gasteiger partial charge in [0.1, 0.15) is 0 Å². The number of aryl methyl sites for hydroxylation is 1. The van der Waals surface area contributed by atoms with E-state index in [2.05, 4.69) is 37.9 Å². The van der Waals surface area contributed by atoms with E-state index < -0.39 is 0 Å². The molecule has 1 saturated carbocycles. The Morgan fingerprint density at radius 1 is 1.17 bits per heavy atom. The van der Waals surface area contributed by atoms with Gasteiger partial charge in [0, 0.05) is 11.9 Å². The predicted molar refractivity (Wildman–Crippen MR) is 77.8 cm³/mol. The molecule has 0 bridgehead atoms. The van der Waals surface area contributed by atoms with Crippen molar-refractivity contribution in [3.63, 3.8) is 0 Å². The number of pyridine rings is 1. The first-order valence-electron chi connectivity index (χ1n) is 7.51. The van der Waals surface area contributed by atoms with E-state index >= 15 is 0 Å². The highest BCUT2D eigenvalue weighted by Crippen LogP contribution is 2.28. The highest BCUT2D eigenvalue weighted by atomic mass is 14.7. The van der Waals surface area contributed by atoms with Crippen LogP contribution in [0.1, 0.15) is 70.6 Å². The van der Waals surface area contributed by atoms with Gasteiger partial charge in [0.25, 0.3) is 0 Å². The van der Waals surface area contributed by atoms with Gasteiger partial charge in [-0.3, -0.25) is 4.98 Å². The Hall–Kier alpha value is -0.850. The Bertz CT molecular complexity index is 369. The summed E-state index contributed by atoms with van der Waals surface area (Å²) in [6.45, 7) is 6.81. The number of nitrogens with zero attached hydrogens (tertiary/aromatic N) is 1. The normalized spacial score (nSPS) is 17.9. The summed E-state index contributed by atoms with van der Waals surface area (Å²) < 4.78 is 0. The summed E-state index contributed by atoms with van der Waals surface area (Å²) in [6, 6.07) is 4.47. The van der Waals surface area contributed by atoms with Crippen LogP contribution in [0, 0.1) is 5.92 Å². The summed E-state index contributed by atoms with van der Waals surface area (Å²) in [7, 11) is 0. The van der Waals surface area contributed by atoms with Crippen molar-refractivity contribution in [2.45, 2.75) is 71.1 Å². The van der Waals surface area contributed by atoms with Crippen molar-refractivity contribution in [2.24, 2.45) is 5.92 Å². The van der Waals surface area contributed by atoms with E-state index in [1.165, 1.54) is 49.8 Å². The standard InChI is InChI=1S/C17H27N/c1-17(2,3)15-11-12-18-16(13-15)10-9-14-7-5-4-6-8-14/h11-14H,4-10H2,1-3H3. The lowest BCUT2D eigenvalue weighted by Crippen LogP contribution is -2.12. The highest BCUT2D eigenvalue weighted by molar-refractivity contribution is 5.23. The quantitative estimate of drug-likeness (QED) is 0.738. The van der Waals surface area contributed by atoms with Crippen LogP contribution in [0.15, 0.2) is 18.3 Å². The third kappa shape index (κ3) is 3.83. The fourth-order valence-corrected chi connectivity index (χ4v) is 2.91. The van der Waals surface area contributed by atoms with Crippen molar-refractivity contribution in [1.82, 2.24) is 4.98 Å².